The average molecular weight is 225 g/mol. The van der Waals surface area contributed by atoms with Gasteiger partial charge in [0, 0.05) is 6.04 Å². The van der Waals surface area contributed by atoms with Crippen LogP contribution in [-0.2, 0) is 0 Å². The van der Waals surface area contributed by atoms with Crippen molar-refractivity contribution in [1.29, 1.82) is 0 Å². The first-order valence-electron chi connectivity index (χ1n) is 7.47. The van der Waals surface area contributed by atoms with Crippen molar-refractivity contribution in [3.63, 3.8) is 0 Å². The van der Waals surface area contributed by atoms with E-state index in [1.807, 2.05) is 0 Å². The molecule has 1 saturated carbocycles. The van der Waals surface area contributed by atoms with Gasteiger partial charge in [-0.2, -0.15) is 0 Å². The van der Waals surface area contributed by atoms with Crippen LogP contribution in [0.5, 0.6) is 0 Å². The quantitative estimate of drug-likeness (QED) is 0.605. The fourth-order valence-corrected chi connectivity index (χ4v) is 2.98. The molecule has 1 rings (SSSR count). The first-order chi connectivity index (χ1) is 7.74. The Morgan fingerprint density at radius 2 is 1.81 bits per heavy atom. The van der Waals surface area contributed by atoms with Gasteiger partial charge in [0.25, 0.3) is 0 Å². The molecule has 0 bridgehead atoms. The van der Waals surface area contributed by atoms with E-state index in [-0.39, 0.29) is 0 Å². The Morgan fingerprint density at radius 1 is 1.06 bits per heavy atom. The standard InChI is InChI=1S/C15H31N/c1-4-5-6-7-9-14-10-8-11-15(14)12-16-13(2)3/h13-16H,4-12H2,1-3H3. The van der Waals surface area contributed by atoms with Crippen LogP contribution in [-0.4, -0.2) is 12.6 Å². The highest BCUT2D eigenvalue weighted by atomic mass is 14.9. The molecule has 0 spiro atoms. The minimum atomic E-state index is 0.654. The maximum atomic E-state index is 3.62. The van der Waals surface area contributed by atoms with Crippen molar-refractivity contribution in [3.8, 4) is 0 Å². The van der Waals surface area contributed by atoms with E-state index in [1.54, 1.807) is 0 Å². The molecule has 1 aliphatic rings. The lowest BCUT2D eigenvalue weighted by atomic mass is 9.90. The molecule has 96 valence electrons. The van der Waals surface area contributed by atoms with Crippen LogP contribution < -0.4 is 5.32 Å². The van der Waals surface area contributed by atoms with Crippen LogP contribution in [0.1, 0.15) is 72.1 Å². The summed E-state index contributed by atoms with van der Waals surface area (Å²) in [5, 5.41) is 3.62. The SMILES string of the molecule is CCCCCCC1CCCC1CNC(C)C. The lowest BCUT2D eigenvalue weighted by molar-refractivity contribution is 0.328. The topological polar surface area (TPSA) is 12.0 Å². The van der Waals surface area contributed by atoms with Crippen LogP contribution >= 0.6 is 0 Å². The van der Waals surface area contributed by atoms with Crippen molar-refractivity contribution in [1.82, 2.24) is 5.32 Å². The van der Waals surface area contributed by atoms with Gasteiger partial charge in [-0.05, 0) is 24.8 Å². The molecule has 0 aromatic heterocycles. The van der Waals surface area contributed by atoms with E-state index in [9.17, 15) is 0 Å². The van der Waals surface area contributed by atoms with Gasteiger partial charge < -0.3 is 5.32 Å². The third-order valence-corrected chi connectivity index (χ3v) is 4.03. The molecule has 2 unspecified atom stereocenters. The summed E-state index contributed by atoms with van der Waals surface area (Å²) in [7, 11) is 0. The summed E-state index contributed by atoms with van der Waals surface area (Å²) < 4.78 is 0. The van der Waals surface area contributed by atoms with E-state index in [4.69, 9.17) is 0 Å². The van der Waals surface area contributed by atoms with Crippen LogP contribution in [0.4, 0.5) is 0 Å². The van der Waals surface area contributed by atoms with Gasteiger partial charge in [-0.3, -0.25) is 0 Å². The van der Waals surface area contributed by atoms with Crippen LogP contribution in [0.25, 0.3) is 0 Å². The van der Waals surface area contributed by atoms with Gasteiger partial charge in [0.05, 0.1) is 0 Å². The van der Waals surface area contributed by atoms with E-state index >= 15 is 0 Å². The second-order valence-electron chi connectivity index (χ2n) is 5.86. The molecular weight excluding hydrogens is 194 g/mol. The number of hydrogen-bond donors (Lipinski definition) is 1. The molecule has 1 aliphatic carbocycles. The van der Waals surface area contributed by atoms with E-state index in [0.717, 1.165) is 11.8 Å². The highest BCUT2D eigenvalue weighted by Crippen LogP contribution is 2.35. The Bertz CT molecular complexity index is 165. The molecule has 16 heavy (non-hydrogen) atoms. The molecule has 1 heteroatoms. The highest BCUT2D eigenvalue weighted by Gasteiger charge is 2.26. The first-order valence-corrected chi connectivity index (χ1v) is 7.47. The predicted octanol–water partition coefficient (Wildman–Crippen LogP) is 4.37. The molecule has 1 N–H and O–H groups in total. The Hall–Kier alpha value is -0.0400. The molecule has 0 aromatic rings. The molecule has 0 aliphatic heterocycles. The van der Waals surface area contributed by atoms with E-state index in [1.165, 1.54) is 57.9 Å². The lowest BCUT2D eigenvalue weighted by Gasteiger charge is -2.21. The minimum absolute atomic E-state index is 0.654. The fourth-order valence-electron chi connectivity index (χ4n) is 2.98. The maximum Gasteiger partial charge on any atom is 0.00104 e. The first kappa shape index (κ1) is 14.0. The molecule has 0 heterocycles. The van der Waals surface area contributed by atoms with E-state index < -0.39 is 0 Å². The largest absolute Gasteiger partial charge is 0.314 e. The number of hydrogen-bond acceptors (Lipinski definition) is 1. The van der Waals surface area contributed by atoms with Gasteiger partial charge in [0.2, 0.25) is 0 Å². The molecule has 1 nitrogen and oxygen atoms in total. The van der Waals surface area contributed by atoms with Crippen molar-refractivity contribution in [3.05, 3.63) is 0 Å². The molecule has 0 saturated heterocycles. The van der Waals surface area contributed by atoms with Gasteiger partial charge >= 0.3 is 0 Å². The summed E-state index contributed by atoms with van der Waals surface area (Å²) in [4.78, 5) is 0. The van der Waals surface area contributed by atoms with Crippen molar-refractivity contribution in [2.24, 2.45) is 11.8 Å². The maximum absolute atomic E-state index is 3.62. The predicted molar refractivity (Wildman–Crippen MR) is 72.7 cm³/mol. The normalized spacial score (nSPS) is 25.5. The second-order valence-corrected chi connectivity index (χ2v) is 5.86. The molecule has 0 amide bonds. The van der Waals surface area contributed by atoms with Gasteiger partial charge in [0.1, 0.15) is 0 Å². The molecule has 0 radical (unpaired) electrons. The number of nitrogens with one attached hydrogen (secondary N) is 1. The summed E-state index contributed by atoms with van der Waals surface area (Å²) in [6.07, 6.45) is 11.7. The number of rotatable bonds is 8. The third-order valence-electron chi connectivity index (χ3n) is 4.03. The van der Waals surface area contributed by atoms with Crippen molar-refractivity contribution >= 4 is 0 Å². The van der Waals surface area contributed by atoms with Gasteiger partial charge in [-0.1, -0.05) is 65.7 Å². The molecule has 2 atom stereocenters. The summed E-state index contributed by atoms with van der Waals surface area (Å²) >= 11 is 0. The smallest absolute Gasteiger partial charge is 0.00104 e. The average Bonchev–Trinajstić information content (AvgIpc) is 2.69. The van der Waals surface area contributed by atoms with Crippen molar-refractivity contribution in [2.75, 3.05) is 6.54 Å². The third kappa shape index (κ3) is 5.34. The molecule has 0 aromatic carbocycles. The van der Waals surface area contributed by atoms with Crippen molar-refractivity contribution < 1.29 is 0 Å². The van der Waals surface area contributed by atoms with Gasteiger partial charge in [-0.15, -0.1) is 0 Å². The highest BCUT2D eigenvalue weighted by molar-refractivity contribution is 4.79. The zero-order valence-corrected chi connectivity index (χ0v) is 11.6. The molecular formula is C15H31N. The minimum Gasteiger partial charge on any atom is -0.314 e. The lowest BCUT2D eigenvalue weighted by Crippen LogP contribution is -2.30. The van der Waals surface area contributed by atoms with E-state index in [2.05, 4.69) is 26.1 Å². The van der Waals surface area contributed by atoms with Crippen LogP contribution in [0.2, 0.25) is 0 Å². The summed E-state index contributed by atoms with van der Waals surface area (Å²) in [6.45, 7) is 8.07. The molecule has 1 fully saturated rings. The zero-order valence-electron chi connectivity index (χ0n) is 11.6. The van der Waals surface area contributed by atoms with E-state index in [0.29, 0.717) is 6.04 Å². The van der Waals surface area contributed by atoms with Crippen LogP contribution in [0, 0.1) is 11.8 Å². The Morgan fingerprint density at radius 3 is 2.50 bits per heavy atom. The fraction of sp³-hybridized carbons (Fsp3) is 1.00. The second kappa shape index (κ2) is 8.11. The monoisotopic (exact) mass is 225 g/mol. The Balaban J connectivity index is 2.13. The Kier molecular flexibility index (Phi) is 7.11. The van der Waals surface area contributed by atoms with Crippen LogP contribution in [0.3, 0.4) is 0 Å². The van der Waals surface area contributed by atoms with Gasteiger partial charge in [-0.25, -0.2) is 0 Å². The number of unbranched alkanes of at least 4 members (excludes halogenated alkanes) is 3. The van der Waals surface area contributed by atoms with Crippen LogP contribution in [0.15, 0.2) is 0 Å². The Labute approximate surface area is 102 Å². The van der Waals surface area contributed by atoms with Gasteiger partial charge in [0.15, 0.2) is 0 Å². The summed E-state index contributed by atoms with van der Waals surface area (Å²) in [6, 6.07) is 0.654. The summed E-state index contributed by atoms with van der Waals surface area (Å²) in [5.74, 6) is 2.01. The summed E-state index contributed by atoms with van der Waals surface area (Å²) in [5.41, 5.74) is 0. The van der Waals surface area contributed by atoms with Crippen molar-refractivity contribution in [2.45, 2.75) is 78.2 Å². The zero-order chi connectivity index (χ0) is 11.8.